The Hall–Kier alpha value is -3.22. The Kier molecular flexibility index (Phi) is 6.65. The van der Waals surface area contributed by atoms with Crippen LogP contribution < -0.4 is 14.8 Å². The van der Waals surface area contributed by atoms with Gasteiger partial charge in [0.25, 0.3) is 5.91 Å². The Morgan fingerprint density at radius 3 is 2.64 bits per heavy atom. The summed E-state index contributed by atoms with van der Waals surface area (Å²) in [4.78, 5) is 23.3. The van der Waals surface area contributed by atoms with Crippen molar-refractivity contribution in [2.45, 2.75) is 6.54 Å². The molecule has 1 amide bonds. The lowest BCUT2D eigenvalue weighted by atomic mass is 10.2. The van der Waals surface area contributed by atoms with E-state index in [0.717, 1.165) is 5.56 Å². The first-order valence-electron chi connectivity index (χ1n) is 7.48. The lowest BCUT2D eigenvalue weighted by Crippen LogP contribution is -2.27. The maximum Gasteiger partial charge on any atom is 0.331 e. The van der Waals surface area contributed by atoms with E-state index in [2.05, 4.69) is 5.32 Å². The van der Waals surface area contributed by atoms with E-state index in [-0.39, 0.29) is 13.2 Å². The molecule has 0 aliphatic rings. The quantitative estimate of drug-likeness (QED) is 0.583. The lowest BCUT2D eigenvalue weighted by Gasteiger charge is -2.07. The van der Waals surface area contributed by atoms with E-state index >= 15 is 0 Å². The Morgan fingerprint density at radius 2 is 1.96 bits per heavy atom. The van der Waals surface area contributed by atoms with E-state index in [1.807, 2.05) is 0 Å². The van der Waals surface area contributed by atoms with Gasteiger partial charge in [0.15, 0.2) is 18.1 Å². The minimum Gasteiger partial charge on any atom is -0.493 e. The van der Waals surface area contributed by atoms with Gasteiger partial charge in [-0.1, -0.05) is 6.07 Å². The van der Waals surface area contributed by atoms with Crippen LogP contribution in [0.4, 0.5) is 0 Å². The van der Waals surface area contributed by atoms with Crippen molar-refractivity contribution in [2.24, 2.45) is 0 Å². The molecule has 1 heterocycles. The second kappa shape index (κ2) is 9.17. The normalized spacial score (nSPS) is 10.5. The second-order valence-corrected chi connectivity index (χ2v) is 4.91. The molecule has 0 aliphatic carbocycles. The molecule has 0 spiro atoms. The standard InChI is InChI=1S/C18H19NO6/c1-22-15-7-5-13(10-16(15)23-2)6-8-18(21)25-12-17(20)19-11-14-4-3-9-24-14/h3-10H,11-12H2,1-2H3,(H,19,20)/b8-6+. The van der Waals surface area contributed by atoms with Crippen LogP contribution in [0, 0.1) is 0 Å². The van der Waals surface area contributed by atoms with Gasteiger partial charge in [-0.15, -0.1) is 0 Å². The molecule has 7 nitrogen and oxygen atoms in total. The summed E-state index contributed by atoms with van der Waals surface area (Å²) in [6, 6.07) is 8.67. The predicted octanol–water partition coefficient (Wildman–Crippen LogP) is 2.17. The molecule has 25 heavy (non-hydrogen) atoms. The summed E-state index contributed by atoms with van der Waals surface area (Å²) in [7, 11) is 3.07. The molecule has 1 aromatic heterocycles. The molecule has 0 bridgehead atoms. The van der Waals surface area contributed by atoms with Crippen molar-refractivity contribution in [3.05, 3.63) is 54.0 Å². The first kappa shape index (κ1) is 18.1. The molecule has 2 aromatic rings. The fourth-order valence-corrected chi connectivity index (χ4v) is 1.96. The van der Waals surface area contributed by atoms with Gasteiger partial charge in [-0.2, -0.15) is 0 Å². The summed E-state index contributed by atoms with van der Waals surface area (Å²) >= 11 is 0. The van der Waals surface area contributed by atoms with Gasteiger partial charge < -0.3 is 23.9 Å². The minimum absolute atomic E-state index is 0.241. The number of carbonyl (C=O) groups excluding carboxylic acids is 2. The van der Waals surface area contributed by atoms with Gasteiger partial charge in [0.05, 0.1) is 27.0 Å². The number of nitrogens with one attached hydrogen (secondary N) is 1. The van der Waals surface area contributed by atoms with Crippen molar-refractivity contribution >= 4 is 18.0 Å². The fourth-order valence-electron chi connectivity index (χ4n) is 1.96. The van der Waals surface area contributed by atoms with Gasteiger partial charge in [-0.3, -0.25) is 4.79 Å². The lowest BCUT2D eigenvalue weighted by molar-refractivity contribution is -0.143. The Morgan fingerprint density at radius 1 is 1.16 bits per heavy atom. The third-order valence-electron chi connectivity index (χ3n) is 3.20. The van der Waals surface area contributed by atoms with Crippen LogP contribution in [0.1, 0.15) is 11.3 Å². The van der Waals surface area contributed by atoms with Crippen LogP contribution in [-0.4, -0.2) is 32.7 Å². The van der Waals surface area contributed by atoms with Crippen LogP contribution in [0.2, 0.25) is 0 Å². The highest BCUT2D eigenvalue weighted by atomic mass is 16.5. The van der Waals surface area contributed by atoms with Gasteiger partial charge in [0.2, 0.25) is 0 Å². The second-order valence-electron chi connectivity index (χ2n) is 4.91. The Labute approximate surface area is 145 Å². The SMILES string of the molecule is COc1ccc(/C=C/C(=O)OCC(=O)NCc2ccco2)cc1OC. The van der Waals surface area contributed by atoms with Crippen LogP contribution in [0.15, 0.2) is 47.1 Å². The number of amides is 1. The summed E-state index contributed by atoms with van der Waals surface area (Å²) < 4.78 is 20.3. The van der Waals surface area contributed by atoms with Gasteiger partial charge in [0.1, 0.15) is 5.76 Å². The van der Waals surface area contributed by atoms with E-state index in [9.17, 15) is 9.59 Å². The molecule has 0 radical (unpaired) electrons. The van der Waals surface area contributed by atoms with E-state index < -0.39 is 11.9 Å². The largest absolute Gasteiger partial charge is 0.493 e. The summed E-state index contributed by atoms with van der Waals surface area (Å²) in [6.07, 6.45) is 4.31. The monoisotopic (exact) mass is 345 g/mol. The average Bonchev–Trinajstić information content (AvgIpc) is 3.16. The predicted molar refractivity (Wildman–Crippen MR) is 90.1 cm³/mol. The van der Waals surface area contributed by atoms with Gasteiger partial charge in [-0.05, 0) is 35.9 Å². The first-order valence-corrected chi connectivity index (χ1v) is 7.48. The molecule has 1 aromatic carbocycles. The molecule has 0 atom stereocenters. The van der Waals surface area contributed by atoms with Crippen LogP contribution in [0.25, 0.3) is 6.08 Å². The van der Waals surface area contributed by atoms with Crippen molar-refractivity contribution in [1.82, 2.24) is 5.32 Å². The average molecular weight is 345 g/mol. The van der Waals surface area contributed by atoms with Crippen LogP contribution in [0.3, 0.4) is 0 Å². The highest BCUT2D eigenvalue weighted by molar-refractivity contribution is 5.89. The number of rotatable bonds is 8. The molecule has 132 valence electrons. The number of hydrogen-bond acceptors (Lipinski definition) is 6. The maximum absolute atomic E-state index is 11.7. The summed E-state index contributed by atoms with van der Waals surface area (Å²) in [5.41, 5.74) is 0.733. The zero-order valence-corrected chi connectivity index (χ0v) is 14.0. The van der Waals surface area contributed by atoms with Crippen molar-refractivity contribution in [2.75, 3.05) is 20.8 Å². The van der Waals surface area contributed by atoms with Gasteiger partial charge >= 0.3 is 5.97 Å². The number of ether oxygens (including phenoxy) is 3. The molecule has 0 aliphatic heterocycles. The highest BCUT2D eigenvalue weighted by Crippen LogP contribution is 2.27. The highest BCUT2D eigenvalue weighted by Gasteiger charge is 2.06. The third-order valence-corrected chi connectivity index (χ3v) is 3.20. The molecular weight excluding hydrogens is 326 g/mol. The molecule has 0 saturated carbocycles. The molecule has 1 N–H and O–H groups in total. The molecule has 0 unspecified atom stereocenters. The fraction of sp³-hybridized carbons (Fsp3) is 0.222. The number of furan rings is 1. The molecule has 0 saturated heterocycles. The van der Waals surface area contributed by atoms with Crippen molar-refractivity contribution in [1.29, 1.82) is 0 Å². The van der Waals surface area contributed by atoms with E-state index in [1.54, 1.807) is 43.5 Å². The van der Waals surface area contributed by atoms with Crippen molar-refractivity contribution in [3.63, 3.8) is 0 Å². The van der Waals surface area contributed by atoms with E-state index in [4.69, 9.17) is 18.6 Å². The van der Waals surface area contributed by atoms with Crippen LogP contribution in [0.5, 0.6) is 11.5 Å². The maximum atomic E-state index is 11.7. The van der Waals surface area contributed by atoms with E-state index in [1.165, 1.54) is 19.4 Å². The van der Waals surface area contributed by atoms with E-state index in [0.29, 0.717) is 17.3 Å². The topological polar surface area (TPSA) is 87.0 Å². The summed E-state index contributed by atoms with van der Waals surface area (Å²) in [5.74, 6) is 0.728. The zero-order valence-electron chi connectivity index (χ0n) is 14.0. The molecular formula is C18H19NO6. The Bertz CT molecular complexity index is 736. The number of methoxy groups -OCH3 is 2. The van der Waals surface area contributed by atoms with Crippen LogP contribution in [-0.2, 0) is 20.9 Å². The van der Waals surface area contributed by atoms with Gasteiger partial charge in [0, 0.05) is 6.08 Å². The van der Waals surface area contributed by atoms with Crippen molar-refractivity contribution < 1.29 is 28.2 Å². The molecule has 0 fully saturated rings. The Balaban J connectivity index is 1.79. The molecule has 7 heteroatoms. The molecule has 2 rings (SSSR count). The van der Waals surface area contributed by atoms with Gasteiger partial charge in [-0.25, -0.2) is 4.79 Å². The zero-order chi connectivity index (χ0) is 18.1. The van der Waals surface area contributed by atoms with Crippen LogP contribution >= 0.6 is 0 Å². The van der Waals surface area contributed by atoms with Crippen molar-refractivity contribution in [3.8, 4) is 11.5 Å². The minimum atomic E-state index is -0.622. The number of carbonyl (C=O) groups is 2. The summed E-state index contributed by atoms with van der Waals surface area (Å²) in [5, 5.41) is 2.58. The number of benzene rings is 1. The number of hydrogen-bond donors (Lipinski definition) is 1. The third kappa shape index (κ3) is 5.72. The number of esters is 1. The smallest absolute Gasteiger partial charge is 0.331 e. The summed E-state index contributed by atoms with van der Waals surface area (Å²) in [6.45, 7) is -0.124. The first-order chi connectivity index (χ1) is 12.1.